The molecule has 128 valence electrons. The summed E-state index contributed by atoms with van der Waals surface area (Å²) in [5.41, 5.74) is 5.62. The molecule has 0 saturated heterocycles. The predicted molar refractivity (Wildman–Crippen MR) is 112 cm³/mol. The second-order valence-corrected chi connectivity index (χ2v) is 6.87. The van der Waals surface area contributed by atoms with Gasteiger partial charge in [-0.15, -0.1) is 0 Å². The molecule has 0 heterocycles. The first-order chi connectivity index (χ1) is 12.9. The van der Waals surface area contributed by atoms with Gasteiger partial charge in [-0.25, -0.2) is 0 Å². The van der Waals surface area contributed by atoms with Gasteiger partial charge in [0.25, 0.3) is 0 Å². The molecular formula is C26H24. The molecule has 0 aliphatic rings. The molecule has 0 N–H and O–H groups in total. The van der Waals surface area contributed by atoms with Gasteiger partial charge in [0, 0.05) is 0 Å². The summed E-state index contributed by atoms with van der Waals surface area (Å²) in [6.07, 6.45) is 4.72. The highest BCUT2D eigenvalue weighted by Crippen LogP contribution is 2.25. The molecule has 4 aromatic carbocycles. The van der Waals surface area contributed by atoms with Crippen molar-refractivity contribution in [3.63, 3.8) is 0 Å². The van der Waals surface area contributed by atoms with Crippen LogP contribution in [0.3, 0.4) is 0 Å². The predicted octanol–water partition coefficient (Wildman–Crippen LogP) is 7.07. The zero-order chi connectivity index (χ0) is 17.6. The van der Waals surface area contributed by atoms with Gasteiger partial charge >= 0.3 is 0 Å². The van der Waals surface area contributed by atoms with Crippen molar-refractivity contribution in [2.45, 2.75) is 25.7 Å². The standard InChI is InChI=1S/C26H24/c1-2-11-21(12-3-1)25-19-8-6-15-22(25)13-4-5-14-23-17-10-18-24-16-7-9-20-26(23)24/h1-3,6-12,15-20H,4-5,13-14H2. The number of hydrogen-bond acceptors (Lipinski definition) is 0. The van der Waals surface area contributed by atoms with Crippen molar-refractivity contribution >= 4 is 10.8 Å². The maximum absolute atomic E-state index is 2.28. The molecule has 4 rings (SSSR count). The van der Waals surface area contributed by atoms with Crippen LogP contribution >= 0.6 is 0 Å². The fourth-order valence-corrected chi connectivity index (χ4v) is 3.78. The zero-order valence-corrected chi connectivity index (χ0v) is 15.1. The summed E-state index contributed by atoms with van der Waals surface area (Å²) in [4.78, 5) is 0. The fourth-order valence-electron chi connectivity index (χ4n) is 3.78. The summed E-state index contributed by atoms with van der Waals surface area (Å²) >= 11 is 0. The van der Waals surface area contributed by atoms with Gasteiger partial charge in [-0.2, -0.15) is 0 Å². The van der Waals surface area contributed by atoms with E-state index < -0.39 is 0 Å². The van der Waals surface area contributed by atoms with E-state index in [1.54, 1.807) is 0 Å². The second-order valence-electron chi connectivity index (χ2n) is 6.87. The highest BCUT2D eigenvalue weighted by molar-refractivity contribution is 5.85. The molecule has 0 atom stereocenters. The van der Waals surface area contributed by atoms with Gasteiger partial charge in [0.2, 0.25) is 0 Å². The van der Waals surface area contributed by atoms with Crippen LogP contribution in [0.1, 0.15) is 24.0 Å². The Hall–Kier alpha value is -2.86. The Kier molecular flexibility index (Phi) is 5.12. The third-order valence-electron chi connectivity index (χ3n) is 5.12. The van der Waals surface area contributed by atoms with Crippen molar-refractivity contribution in [3.8, 4) is 11.1 Å². The van der Waals surface area contributed by atoms with Crippen LogP contribution in [-0.4, -0.2) is 0 Å². The van der Waals surface area contributed by atoms with Crippen LogP contribution in [-0.2, 0) is 12.8 Å². The fraction of sp³-hybridized carbons (Fsp3) is 0.154. The molecule has 0 radical (unpaired) electrons. The average Bonchev–Trinajstić information content (AvgIpc) is 2.72. The van der Waals surface area contributed by atoms with Crippen molar-refractivity contribution in [1.29, 1.82) is 0 Å². The second kappa shape index (κ2) is 8.01. The third-order valence-corrected chi connectivity index (χ3v) is 5.12. The lowest BCUT2D eigenvalue weighted by atomic mass is 9.94. The Morgan fingerprint density at radius 3 is 1.96 bits per heavy atom. The molecule has 0 spiro atoms. The Labute approximate surface area is 156 Å². The van der Waals surface area contributed by atoms with Crippen molar-refractivity contribution in [1.82, 2.24) is 0 Å². The van der Waals surface area contributed by atoms with E-state index >= 15 is 0 Å². The van der Waals surface area contributed by atoms with E-state index in [1.807, 2.05) is 0 Å². The molecule has 0 saturated carbocycles. The summed E-state index contributed by atoms with van der Waals surface area (Å²) in [7, 11) is 0. The lowest BCUT2D eigenvalue weighted by Gasteiger charge is -2.10. The summed E-state index contributed by atoms with van der Waals surface area (Å²) < 4.78 is 0. The highest BCUT2D eigenvalue weighted by Gasteiger charge is 2.05. The first-order valence-corrected chi connectivity index (χ1v) is 9.52. The third kappa shape index (κ3) is 3.70. The minimum atomic E-state index is 1.13. The van der Waals surface area contributed by atoms with E-state index in [-0.39, 0.29) is 0 Å². The van der Waals surface area contributed by atoms with Gasteiger partial charge in [0.05, 0.1) is 0 Å². The molecule has 0 fully saturated rings. The first kappa shape index (κ1) is 16.6. The van der Waals surface area contributed by atoms with Crippen molar-refractivity contribution < 1.29 is 0 Å². The molecule has 0 aliphatic carbocycles. The van der Waals surface area contributed by atoms with E-state index in [2.05, 4.69) is 97.1 Å². The topological polar surface area (TPSA) is 0 Å². The van der Waals surface area contributed by atoms with Crippen LogP contribution in [0.2, 0.25) is 0 Å². The minimum Gasteiger partial charge on any atom is -0.0622 e. The van der Waals surface area contributed by atoms with Crippen LogP contribution < -0.4 is 0 Å². The van der Waals surface area contributed by atoms with Gasteiger partial charge in [0.1, 0.15) is 0 Å². The number of aryl methyl sites for hydroxylation is 2. The maximum atomic E-state index is 2.28. The molecule has 0 amide bonds. The molecule has 0 aliphatic heterocycles. The van der Waals surface area contributed by atoms with Crippen LogP contribution in [0.25, 0.3) is 21.9 Å². The minimum absolute atomic E-state index is 1.13. The average molecular weight is 336 g/mol. The monoisotopic (exact) mass is 336 g/mol. The smallest absolute Gasteiger partial charge is 0.0152 e. The van der Waals surface area contributed by atoms with Crippen LogP contribution in [0, 0.1) is 0 Å². The Bertz CT molecular complexity index is 977. The van der Waals surface area contributed by atoms with Crippen molar-refractivity contribution in [2.75, 3.05) is 0 Å². The molecule has 26 heavy (non-hydrogen) atoms. The Morgan fingerprint density at radius 2 is 1.08 bits per heavy atom. The lowest BCUT2D eigenvalue weighted by Crippen LogP contribution is -1.93. The Balaban J connectivity index is 1.43. The van der Waals surface area contributed by atoms with Gasteiger partial charge in [0.15, 0.2) is 0 Å². The number of hydrogen-bond donors (Lipinski definition) is 0. The van der Waals surface area contributed by atoms with E-state index in [9.17, 15) is 0 Å². The van der Waals surface area contributed by atoms with Gasteiger partial charge in [-0.05, 0) is 58.7 Å². The zero-order valence-electron chi connectivity index (χ0n) is 15.1. The van der Waals surface area contributed by atoms with E-state index in [0.29, 0.717) is 0 Å². The van der Waals surface area contributed by atoms with Gasteiger partial charge < -0.3 is 0 Å². The molecule has 0 nitrogen and oxygen atoms in total. The normalized spacial score (nSPS) is 10.9. The molecular weight excluding hydrogens is 312 g/mol. The summed E-state index contributed by atoms with van der Waals surface area (Å²) in [6, 6.07) is 34.9. The Morgan fingerprint density at radius 1 is 0.462 bits per heavy atom. The lowest BCUT2D eigenvalue weighted by molar-refractivity contribution is 0.737. The molecule has 0 unspecified atom stereocenters. The van der Waals surface area contributed by atoms with Gasteiger partial charge in [-0.3, -0.25) is 0 Å². The quantitative estimate of drug-likeness (QED) is 0.330. The van der Waals surface area contributed by atoms with Crippen LogP contribution in [0.15, 0.2) is 97.1 Å². The summed E-state index contributed by atoms with van der Waals surface area (Å²) in [6.45, 7) is 0. The van der Waals surface area contributed by atoms with Crippen molar-refractivity contribution in [3.05, 3.63) is 108 Å². The molecule has 0 bridgehead atoms. The number of fused-ring (bicyclic) bond motifs is 1. The van der Waals surface area contributed by atoms with Crippen LogP contribution in [0.5, 0.6) is 0 Å². The van der Waals surface area contributed by atoms with E-state index in [4.69, 9.17) is 0 Å². The summed E-state index contributed by atoms with van der Waals surface area (Å²) in [5.74, 6) is 0. The maximum Gasteiger partial charge on any atom is -0.0152 e. The first-order valence-electron chi connectivity index (χ1n) is 9.52. The largest absolute Gasteiger partial charge is 0.0622 e. The number of rotatable bonds is 6. The molecule has 0 heteroatoms. The van der Waals surface area contributed by atoms with E-state index in [1.165, 1.54) is 45.9 Å². The van der Waals surface area contributed by atoms with Gasteiger partial charge in [-0.1, -0.05) is 97.1 Å². The number of unbranched alkanes of at least 4 members (excludes halogenated alkanes) is 1. The van der Waals surface area contributed by atoms with E-state index in [0.717, 1.165) is 12.8 Å². The van der Waals surface area contributed by atoms with Crippen molar-refractivity contribution in [2.24, 2.45) is 0 Å². The SMILES string of the molecule is c1ccc(-c2ccccc2CCCCc2cccc3ccccc23)cc1. The highest BCUT2D eigenvalue weighted by atomic mass is 14.1. The summed E-state index contributed by atoms with van der Waals surface area (Å²) in [5, 5.41) is 2.75. The number of benzene rings is 4. The van der Waals surface area contributed by atoms with Crippen LogP contribution in [0.4, 0.5) is 0 Å². The molecule has 0 aromatic heterocycles. The molecule has 4 aromatic rings.